The first-order chi connectivity index (χ1) is 15.2. The van der Waals surface area contributed by atoms with E-state index in [0.29, 0.717) is 5.69 Å². The Morgan fingerprint density at radius 3 is 2.62 bits per heavy atom. The SMILES string of the molecule is Nc1nc2c(c(=O)[nH]1)OC(CNc1ccc(C(=O)N[C@@H](CCC(=O)O)C(=O)O)cc1)CO2. The maximum absolute atomic E-state index is 12.3. The zero-order valence-corrected chi connectivity index (χ0v) is 16.7. The lowest BCUT2D eigenvalue weighted by Crippen LogP contribution is -2.41. The summed E-state index contributed by atoms with van der Waals surface area (Å²) in [6.45, 7) is 0.425. The Hall–Kier alpha value is -4.29. The van der Waals surface area contributed by atoms with Crippen LogP contribution < -0.4 is 31.4 Å². The smallest absolute Gasteiger partial charge is 0.326 e. The van der Waals surface area contributed by atoms with E-state index in [1.54, 1.807) is 12.1 Å². The summed E-state index contributed by atoms with van der Waals surface area (Å²) < 4.78 is 11.0. The van der Waals surface area contributed by atoms with Crippen LogP contribution in [-0.4, -0.2) is 63.3 Å². The average Bonchev–Trinajstić information content (AvgIpc) is 2.75. The van der Waals surface area contributed by atoms with Crippen LogP contribution in [0.4, 0.5) is 11.6 Å². The maximum Gasteiger partial charge on any atom is 0.326 e. The molecule has 170 valence electrons. The number of carboxylic acids is 2. The van der Waals surface area contributed by atoms with Crippen LogP contribution in [0.25, 0.3) is 0 Å². The molecule has 2 atom stereocenters. The lowest BCUT2D eigenvalue weighted by molar-refractivity contribution is -0.140. The average molecular weight is 447 g/mol. The molecule has 1 aliphatic rings. The monoisotopic (exact) mass is 447 g/mol. The Balaban J connectivity index is 1.54. The molecule has 0 saturated heterocycles. The summed E-state index contributed by atoms with van der Waals surface area (Å²) in [6, 6.07) is 4.87. The molecule has 1 amide bonds. The molecule has 1 aliphatic heterocycles. The predicted molar refractivity (Wildman–Crippen MR) is 110 cm³/mol. The highest BCUT2D eigenvalue weighted by Gasteiger charge is 2.26. The molecule has 2 heterocycles. The molecule has 3 rings (SSSR count). The van der Waals surface area contributed by atoms with Gasteiger partial charge in [-0.15, -0.1) is 0 Å². The van der Waals surface area contributed by atoms with Gasteiger partial charge in [-0.05, 0) is 30.7 Å². The Morgan fingerprint density at radius 1 is 1.25 bits per heavy atom. The predicted octanol–water partition coefficient (Wildman–Crippen LogP) is -0.348. The molecule has 7 N–H and O–H groups in total. The van der Waals surface area contributed by atoms with Crippen LogP contribution in [-0.2, 0) is 9.59 Å². The van der Waals surface area contributed by atoms with E-state index in [9.17, 15) is 19.2 Å². The lowest BCUT2D eigenvalue weighted by atomic mass is 10.1. The van der Waals surface area contributed by atoms with Gasteiger partial charge < -0.3 is 36.1 Å². The van der Waals surface area contributed by atoms with Crippen molar-refractivity contribution in [2.75, 3.05) is 24.2 Å². The number of carbonyl (C=O) groups excluding carboxylic acids is 1. The number of nitrogens with one attached hydrogen (secondary N) is 3. The highest BCUT2D eigenvalue weighted by Crippen LogP contribution is 2.25. The van der Waals surface area contributed by atoms with Gasteiger partial charge in [0.25, 0.3) is 17.3 Å². The van der Waals surface area contributed by atoms with Crippen molar-refractivity contribution in [3.05, 3.63) is 40.2 Å². The van der Waals surface area contributed by atoms with Crippen molar-refractivity contribution >= 4 is 29.5 Å². The Morgan fingerprint density at radius 2 is 1.97 bits per heavy atom. The van der Waals surface area contributed by atoms with E-state index in [4.69, 9.17) is 25.4 Å². The number of H-pyrrole nitrogens is 1. The van der Waals surface area contributed by atoms with E-state index in [1.807, 2.05) is 0 Å². The van der Waals surface area contributed by atoms with Crippen molar-refractivity contribution in [1.82, 2.24) is 15.3 Å². The van der Waals surface area contributed by atoms with Gasteiger partial charge in [0, 0.05) is 17.7 Å². The first kappa shape index (κ1) is 22.4. The highest BCUT2D eigenvalue weighted by atomic mass is 16.6. The third-order valence-electron chi connectivity index (χ3n) is 4.49. The Bertz CT molecular complexity index is 1070. The molecule has 0 saturated carbocycles. The van der Waals surface area contributed by atoms with Crippen LogP contribution in [0.2, 0.25) is 0 Å². The first-order valence-corrected chi connectivity index (χ1v) is 9.51. The normalized spacial score (nSPS) is 15.4. The molecule has 0 aliphatic carbocycles. The van der Waals surface area contributed by atoms with Crippen LogP contribution in [0, 0.1) is 0 Å². The second-order valence-corrected chi connectivity index (χ2v) is 6.89. The van der Waals surface area contributed by atoms with E-state index >= 15 is 0 Å². The molecule has 1 aromatic carbocycles. The standard InChI is InChI=1S/C19H21N5O8/c20-19-23-16(28)14-17(24-19)31-8-11(32-14)7-21-10-3-1-9(2-4-10)15(27)22-12(18(29)30)5-6-13(25)26/h1-4,11-12,21H,5-8H2,(H,22,27)(H,25,26)(H,29,30)(H3,20,23,24,28)/t11?,12-/m0/s1. The fourth-order valence-electron chi connectivity index (χ4n) is 2.87. The number of ether oxygens (including phenoxy) is 2. The number of fused-ring (bicyclic) bond motifs is 1. The van der Waals surface area contributed by atoms with E-state index in [1.165, 1.54) is 12.1 Å². The summed E-state index contributed by atoms with van der Waals surface area (Å²) >= 11 is 0. The van der Waals surface area contributed by atoms with Crippen LogP contribution in [0.5, 0.6) is 11.6 Å². The van der Waals surface area contributed by atoms with Gasteiger partial charge in [-0.3, -0.25) is 19.4 Å². The van der Waals surface area contributed by atoms with Crippen LogP contribution in [0.15, 0.2) is 29.1 Å². The van der Waals surface area contributed by atoms with E-state index in [-0.39, 0.29) is 49.1 Å². The van der Waals surface area contributed by atoms with Crippen molar-refractivity contribution in [3.8, 4) is 11.6 Å². The molecule has 0 fully saturated rings. The summed E-state index contributed by atoms with van der Waals surface area (Å²) in [5.41, 5.74) is 5.76. The molecular formula is C19H21N5O8. The number of hydrogen-bond acceptors (Lipinski definition) is 9. The van der Waals surface area contributed by atoms with Gasteiger partial charge in [-0.25, -0.2) is 4.79 Å². The summed E-state index contributed by atoms with van der Waals surface area (Å²) in [4.78, 5) is 52.2. The molecule has 0 bridgehead atoms. The van der Waals surface area contributed by atoms with Gasteiger partial charge in [0.1, 0.15) is 12.6 Å². The molecule has 32 heavy (non-hydrogen) atoms. The second-order valence-electron chi connectivity index (χ2n) is 6.89. The molecule has 1 aromatic heterocycles. The van der Waals surface area contributed by atoms with Gasteiger partial charge >= 0.3 is 11.9 Å². The number of carbonyl (C=O) groups is 3. The minimum Gasteiger partial charge on any atom is -0.481 e. The molecule has 13 heteroatoms. The van der Waals surface area contributed by atoms with Crippen LogP contribution in [0.3, 0.4) is 0 Å². The number of benzene rings is 1. The summed E-state index contributed by atoms with van der Waals surface area (Å²) in [7, 11) is 0. The number of nitrogens with zero attached hydrogens (tertiary/aromatic N) is 1. The number of nitrogen functional groups attached to an aromatic ring is 1. The summed E-state index contributed by atoms with van der Waals surface area (Å²) in [5, 5.41) is 23.2. The number of nitrogens with two attached hydrogens (primary N) is 1. The molecule has 1 unspecified atom stereocenters. The first-order valence-electron chi connectivity index (χ1n) is 9.51. The fourth-order valence-corrected chi connectivity index (χ4v) is 2.87. The molecule has 0 radical (unpaired) electrons. The molecule has 13 nitrogen and oxygen atoms in total. The van der Waals surface area contributed by atoms with Gasteiger partial charge in [0.15, 0.2) is 6.10 Å². The zero-order valence-electron chi connectivity index (χ0n) is 16.7. The Labute approximate surface area is 180 Å². The molecular weight excluding hydrogens is 426 g/mol. The van der Waals surface area contributed by atoms with Crippen molar-refractivity contribution < 1.29 is 34.1 Å². The van der Waals surface area contributed by atoms with E-state index < -0.39 is 35.6 Å². The van der Waals surface area contributed by atoms with Gasteiger partial charge in [-0.2, -0.15) is 4.98 Å². The largest absolute Gasteiger partial charge is 0.481 e. The third-order valence-corrected chi connectivity index (χ3v) is 4.49. The van der Waals surface area contributed by atoms with Gasteiger partial charge in [0.2, 0.25) is 11.7 Å². The quantitative estimate of drug-likeness (QED) is 0.293. The van der Waals surface area contributed by atoms with Crippen molar-refractivity contribution in [2.45, 2.75) is 25.0 Å². The topological polar surface area (TPSA) is 206 Å². The third kappa shape index (κ3) is 5.65. The van der Waals surface area contributed by atoms with Crippen molar-refractivity contribution in [3.63, 3.8) is 0 Å². The number of hydrogen-bond donors (Lipinski definition) is 6. The second kappa shape index (κ2) is 9.68. The number of aromatic amines is 1. The minimum absolute atomic E-state index is 0.0286. The number of rotatable bonds is 9. The number of amides is 1. The van der Waals surface area contributed by atoms with Gasteiger partial charge in [0.05, 0.1) is 6.54 Å². The zero-order chi connectivity index (χ0) is 23.3. The highest BCUT2D eigenvalue weighted by molar-refractivity contribution is 5.96. The van der Waals surface area contributed by atoms with E-state index in [2.05, 4.69) is 20.6 Å². The van der Waals surface area contributed by atoms with Crippen LogP contribution >= 0.6 is 0 Å². The number of aliphatic carboxylic acids is 2. The summed E-state index contributed by atoms with van der Waals surface area (Å²) in [6.07, 6.45) is -1.09. The van der Waals surface area contributed by atoms with Crippen LogP contribution in [0.1, 0.15) is 23.2 Å². The van der Waals surface area contributed by atoms with Gasteiger partial charge in [-0.1, -0.05) is 0 Å². The number of aromatic nitrogens is 2. The van der Waals surface area contributed by atoms with Crippen molar-refractivity contribution in [2.24, 2.45) is 0 Å². The Kier molecular flexibility index (Phi) is 6.77. The van der Waals surface area contributed by atoms with E-state index in [0.717, 1.165) is 0 Å². The lowest BCUT2D eigenvalue weighted by Gasteiger charge is -2.25. The minimum atomic E-state index is -1.31. The number of anilines is 2. The molecule has 0 spiro atoms. The summed E-state index contributed by atoms with van der Waals surface area (Å²) in [5.74, 6) is -3.20. The number of carboxylic acid groups (broad SMARTS) is 2. The maximum atomic E-state index is 12.3. The fraction of sp³-hybridized carbons (Fsp3) is 0.316. The van der Waals surface area contributed by atoms with Crippen molar-refractivity contribution in [1.29, 1.82) is 0 Å². The molecule has 2 aromatic rings.